The van der Waals surface area contributed by atoms with Gasteiger partial charge in [-0.25, -0.2) is 4.57 Å². The van der Waals surface area contributed by atoms with Crippen molar-refractivity contribution < 1.29 is 24.4 Å². The molecule has 0 unspecified atom stereocenters. The number of rotatable bonds is 5. The number of aliphatic carboxylic acids is 1. The summed E-state index contributed by atoms with van der Waals surface area (Å²) in [5.74, 6) is -1.65. The van der Waals surface area contributed by atoms with Gasteiger partial charge in [0, 0.05) is 6.07 Å². The van der Waals surface area contributed by atoms with E-state index in [0.29, 0.717) is 24.4 Å². The minimum absolute atomic E-state index is 0.0821. The number of carboxylic acid groups (broad SMARTS) is 1. The van der Waals surface area contributed by atoms with Crippen LogP contribution in [-0.2, 0) is 16.1 Å². The Balaban J connectivity index is 1.61. The van der Waals surface area contributed by atoms with Gasteiger partial charge in [0.05, 0.1) is 35.9 Å². The molecule has 0 aliphatic carbocycles. The van der Waals surface area contributed by atoms with Crippen LogP contribution in [0.2, 0.25) is 0 Å². The SMILES string of the molecule is C[C@@H](O)[C@H]1C(=O)N2C(C(=O)[O-])=C(c3ccc(C[n+]4ccccc4N)cc3)C[C@H]12. The molecule has 2 aliphatic rings. The Kier molecular flexibility index (Phi) is 4.39. The van der Waals surface area contributed by atoms with Crippen LogP contribution in [0.3, 0.4) is 0 Å². The number of fused-ring (bicyclic) bond motifs is 1. The molecule has 7 heteroatoms. The standard InChI is InChI=1S/C21H21N3O4/c1-12(25)18-16-10-15(19(21(27)28)24(16)20(18)26)14-7-5-13(6-8-14)11-23-9-3-2-4-17(23)22/h2-9,12,16,18,22,25H,10-11H2,1H3,(H,27,28)/t12-,16-,18-/m1/s1. The highest BCUT2D eigenvalue weighted by Gasteiger charge is 2.55. The van der Waals surface area contributed by atoms with Gasteiger partial charge < -0.3 is 19.9 Å². The number of carbonyl (C=O) groups is 2. The number of nitrogens with zero attached hydrogens (tertiary/aromatic N) is 2. The molecular formula is C21H21N3O4. The molecule has 28 heavy (non-hydrogen) atoms. The quantitative estimate of drug-likeness (QED) is 0.546. The van der Waals surface area contributed by atoms with Crippen LogP contribution >= 0.6 is 0 Å². The molecule has 1 aromatic carbocycles. The summed E-state index contributed by atoms with van der Waals surface area (Å²) in [5, 5.41) is 21.5. The predicted octanol–water partition coefficient (Wildman–Crippen LogP) is -0.323. The van der Waals surface area contributed by atoms with E-state index in [4.69, 9.17) is 5.73 Å². The number of carbonyl (C=O) groups excluding carboxylic acids is 2. The summed E-state index contributed by atoms with van der Waals surface area (Å²) in [7, 11) is 0. The first-order valence-corrected chi connectivity index (χ1v) is 9.17. The molecule has 0 radical (unpaired) electrons. The average Bonchev–Trinajstić information content (AvgIpc) is 2.99. The van der Waals surface area contributed by atoms with Crippen molar-refractivity contribution in [2.24, 2.45) is 5.92 Å². The highest BCUT2D eigenvalue weighted by atomic mass is 16.4. The lowest BCUT2D eigenvalue weighted by atomic mass is 9.82. The van der Waals surface area contributed by atoms with Crippen LogP contribution in [0.1, 0.15) is 24.5 Å². The third kappa shape index (κ3) is 2.84. The fourth-order valence-electron chi connectivity index (χ4n) is 4.16. The van der Waals surface area contributed by atoms with Crippen molar-refractivity contribution in [1.82, 2.24) is 4.90 Å². The Hall–Kier alpha value is -3.19. The normalized spacial score (nSPS) is 22.1. The van der Waals surface area contributed by atoms with Crippen LogP contribution in [0.25, 0.3) is 5.57 Å². The molecule has 1 amide bonds. The highest BCUT2D eigenvalue weighted by molar-refractivity contribution is 6.05. The second kappa shape index (κ2) is 6.76. The molecule has 0 spiro atoms. The maximum absolute atomic E-state index is 12.3. The van der Waals surface area contributed by atoms with Crippen LogP contribution in [-0.4, -0.2) is 34.0 Å². The first-order valence-electron chi connectivity index (χ1n) is 9.17. The molecule has 0 saturated carbocycles. The average molecular weight is 379 g/mol. The van der Waals surface area contributed by atoms with Crippen LogP contribution in [0.5, 0.6) is 0 Å². The molecule has 0 bridgehead atoms. The summed E-state index contributed by atoms with van der Waals surface area (Å²) in [6, 6.07) is 12.8. The highest BCUT2D eigenvalue weighted by Crippen LogP contribution is 2.46. The first kappa shape index (κ1) is 18.2. The van der Waals surface area contributed by atoms with E-state index in [0.717, 1.165) is 11.1 Å². The van der Waals surface area contributed by atoms with Crippen LogP contribution in [0, 0.1) is 5.92 Å². The molecule has 1 fully saturated rings. The van der Waals surface area contributed by atoms with Gasteiger partial charge in [0.15, 0.2) is 0 Å². The lowest BCUT2D eigenvalue weighted by Gasteiger charge is -2.45. The third-order valence-corrected chi connectivity index (χ3v) is 5.55. The topological polar surface area (TPSA) is 111 Å². The molecule has 2 aliphatic heterocycles. The number of carboxylic acids is 1. The minimum atomic E-state index is -1.37. The van der Waals surface area contributed by atoms with Crippen molar-refractivity contribution in [3.05, 3.63) is 65.5 Å². The summed E-state index contributed by atoms with van der Waals surface area (Å²) in [6.45, 7) is 2.15. The van der Waals surface area contributed by atoms with Crippen molar-refractivity contribution in [1.29, 1.82) is 0 Å². The number of amides is 1. The molecular weight excluding hydrogens is 358 g/mol. The monoisotopic (exact) mass is 379 g/mol. The van der Waals surface area contributed by atoms with Gasteiger partial charge in [-0.2, -0.15) is 0 Å². The summed E-state index contributed by atoms with van der Waals surface area (Å²) in [4.78, 5) is 25.3. The van der Waals surface area contributed by atoms with Gasteiger partial charge in [0.2, 0.25) is 5.91 Å². The Morgan fingerprint density at radius 3 is 2.64 bits per heavy atom. The zero-order valence-corrected chi connectivity index (χ0v) is 15.4. The van der Waals surface area contributed by atoms with E-state index < -0.39 is 18.0 Å². The second-order valence-electron chi connectivity index (χ2n) is 7.31. The maximum atomic E-state index is 12.3. The maximum Gasteiger partial charge on any atom is 0.272 e. The van der Waals surface area contributed by atoms with E-state index in [2.05, 4.69) is 0 Å². The summed E-state index contributed by atoms with van der Waals surface area (Å²) >= 11 is 0. The van der Waals surface area contributed by atoms with Gasteiger partial charge in [-0.05, 0) is 36.1 Å². The summed E-state index contributed by atoms with van der Waals surface area (Å²) in [5.41, 5.74) is 8.20. The molecule has 144 valence electrons. The van der Waals surface area contributed by atoms with E-state index in [1.165, 1.54) is 4.90 Å². The van der Waals surface area contributed by atoms with Crippen LogP contribution in [0.15, 0.2) is 54.4 Å². The number of aromatic nitrogens is 1. The fraction of sp³-hybridized carbons (Fsp3) is 0.286. The molecule has 3 atom stereocenters. The lowest BCUT2D eigenvalue weighted by Crippen LogP contribution is -2.62. The van der Waals surface area contributed by atoms with Crippen molar-refractivity contribution >= 4 is 23.3 Å². The molecule has 1 aromatic heterocycles. The third-order valence-electron chi connectivity index (χ3n) is 5.55. The first-order chi connectivity index (χ1) is 13.4. The van der Waals surface area contributed by atoms with Gasteiger partial charge >= 0.3 is 0 Å². The van der Waals surface area contributed by atoms with Crippen LogP contribution in [0.4, 0.5) is 5.82 Å². The zero-order chi connectivity index (χ0) is 20.0. The Labute approximate surface area is 162 Å². The summed E-state index contributed by atoms with van der Waals surface area (Å²) < 4.78 is 1.91. The van der Waals surface area contributed by atoms with Gasteiger partial charge in [0.1, 0.15) is 6.54 Å². The smallest absolute Gasteiger partial charge is 0.272 e. The largest absolute Gasteiger partial charge is 0.543 e. The fourth-order valence-corrected chi connectivity index (χ4v) is 4.16. The number of anilines is 1. The number of benzene rings is 1. The van der Waals surface area contributed by atoms with Gasteiger partial charge in [-0.15, -0.1) is 0 Å². The number of pyridine rings is 1. The van der Waals surface area contributed by atoms with Gasteiger partial charge in [-0.1, -0.05) is 30.3 Å². The summed E-state index contributed by atoms with van der Waals surface area (Å²) in [6.07, 6.45) is 1.47. The minimum Gasteiger partial charge on any atom is -0.543 e. The molecule has 4 rings (SSSR count). The Morgan fingerprint density at radius 2 is 2.04 bits per heavy atom. The number of nitrogen functional groups attached to an aromatic ring is 1. The number of nitrogens with two attached hydrogens (primary N) is 1. The number of β-lactam (4-membered cyclic amide) rings is 1. The van der Waals surface area contributed by atoms with Gasteiger partial charge in [0.25, 0.3) is 5.82 Å². The van der Waals surface area contributed by atoms with E-state index in [-0.39, 0.29) is 17.6 Å². The number of aliphatic hydroxyl groups excluding tert-OH is 1. The molecule has 3 N–H and O–H groups in total. The van der Waals surface area contributed by atoms with Crippen molar-refractivity contribution in [2.75, 3.05) is 5.73 Å². The van der Waals surface area contributed by atoms with E-state index in [1.807, 2.05) is 53.2 Å². The second-order valence-corrected chi connectivity index (χ2v) is 7.31. The Morgan fingerprint density at radius 1 is 1.32 bits per heavy atom. The molecule has 7 nitrogen and oxygen atoms in total. The lowest BCUT2D eigenvalue weighted by molar-refractivity contribution is -0.674. The molecule has 1 saturated heterocycles. The molecule has 2 aromatic rings. The molecule has 3 heterocycles. The van der Waals surface area contributed by atoms with E-state index >= 15 is 0 Å². The number of hydrogen-bond acceptors (Lipinski definition) is 5. The van der Waals surface area contributed by atoms with Crippen molar-refractivity contribution in [3.8, 4) is 0 Å². The van der Waals surface area contributed by atoms with Crippen molar-refractivity contribution in [3.63, 3.8) is 0 Å². The number of aliphatic hydroxyl groups is 1. The van der Waals surface area contributed by atoms with E-state index in [9.17, 15) is 19.8 Å². The van der Waals surface area contributed by atoms with Crippen molar-refractivity contribution in [2.45, 2.75) is 32.0 Å². The zero-order valence-electron chi connectivity index (χ0n) is 15.4. The van der Waals surface area contributed by atoms with E-state index in [1.54, 1.807) is 6.92 Å². The Bertz CT molecular complexity index is 981. The number of hydrogen-bond donors (Lipinski definition) is 2. The van der Waals surface area contributed by atoms with Crippen LogP contribution < -0.4 is 15.4 Å². The predicted molar refractivity (Wildman–Crippen MR) is 98.9 cm³/mol. The van der Waals surface area contributed by atoms with Gasteiger partial charge in [-0.3, -0.25) is 10.5 Å².